The maximum absolute atomic E-state index is 2.73. The minimum absolute atomic E-state index is 0.0624. The molecule has 0 bridgehead atoms. The monoisotopic (exact) mass is 1330 g/mol. The Labute approximate surface area is 614 Å². The molecule has 18 aromatic carbocycles. The lowest BCUT2D eigenvalue weighted by molar-refractivity contribution is 0.590. The van der Waals surface area contributed by atoms with E-state index in [1.807, 2.05) is 0 Å². The summed E-state index contributed by atoms with van der Waals surface area (Å²) in [6.07, 6.45) is 0. The standard InChI is InChI=1S/C102H71BN2/c1-102(2,3)81-53-48-69(49-54-81)80-64-94-99-95(65-80)105(101-88(72-38-21-9-22-39-72)60-79(68-32-15-6-16-33-68)61-89(101)73-40-23-10-24-41-73)93-63-77(82-55-50-75-44-26-46-84-83-45-25-42-74-43-27-47-85(96(74)83)98(82)97(75)84)51-56-90(93)103(99)91-62-76(66-28-11-4-12-29-66)52-57-92(91)104(94)100-86(70-34-17-7-18-35-70)58-78(67-30-13-5-14-31-67)59-87(100)71-36-19-8-20-37-71/h4-65H,1-3H3. The van der Waals surface area contributed by atoms with Gasteiger partial charge in [-0.1, -0.05) is 348 Å². The Kier molecular flexibility index (Phi) is 14.6. The zero-order valence-electron chi connectivity index (χ0n) is 58.8. The van der Waals surface area contributed by atoms with Gasteiger partial charge in [-0.2, -0.15) is 0 Å². The number of nitrogens with zero attached hydrogens (tertiary/aromatic N) is 2. The second kappa shape index (κ2) is 24.9. The topological polar surface area (TPSA) is 6.48 Å². The van der Waals surface area contributed by atoms with Crippen molar-refractivity contribution in [3.8, 4) is 100 Å². The van der Waals surface area contributed by atoms with Gasteiger partial charge in [-0.15, -0.1) is 0 Å². The molecule has 2 nitrogen and oxygen atoms in total. The molecule has 0 amide bonds. The van der Waals surface area contributed by atoms with E-state index in [1.165, 1.54) is 76.2 Å². The number of hydrogen-bond donors (Lipinski definition) is 0. The highest BCUT2D eigenvalue weighted by molar-refractivity contribution is 7.00. The molecule has 18 aromatic rings. The van der Waals surface area contributed by atoms with Crippen LogP contribution in [0.2, 0.25) is 0 Å². The first kappa shape index (κ1) is 61.8. The first-order valence-electron chi connectivity index (χ1n) is 36.7. The van der Waals surface area contributed by atoms with Gasteiger partial charge in [0.1, 0.15) is 0 Å². The summed E-state index contributed by atoms with van der Waals surface area (Å²) in [7, 11) is 0. The lowest BCUT2D eigenvalue weighted by Gasteiger charge is -2.46. The molecule has 0 saturated carbocycles. The molecule has 0 fully saturated rings. The van der Waals surface area contributed by atoms with E-state index in [0.717, 1.165) is 123 Å². The number of rotatable bonds is 11. The Hall–Kier alpha value is -13.1. The van der Waals surface area contributed by atoms with Crippen LogP contribution in [-0.4, -0.2) is 6.71 Å². The average molecular weight is 1340 g/mol. The van der Waals surface area contributed by atoms with Crippen molar-refractivity contribution in [2.24, 2.45) is 0 Å². The van der Waals surface area contributed by atoms with Crippen LogP contribution in [0.4, 0.5) is 34.1 Å². The van der Waals surface area contributed by atoms with Gasteiger partial charge >= 0.3 is 0 Å². The molecule has 105 heavy (non-hydrogen) atoms. The molecular weight excluding hydrogens is 1260 g/mol. The molecule has 0 spiro atoms. The summed E-state index contributed by atoms with van der Waals surface area (Å²) in [5.41, 5.74) is 32.2. The maximum atomic E-state index is 2.73. The van der Waals surface area contributed by atoms with Crippen molar-refractivity contribution in [2.75, 3.05) is 9.80 Å². The van der Waals surface area contributed by atoms with E-state index in [9.17, 15) is 0 Å². The van der Waals surface area contributed by atoms with E-state index >= 15 is 0 Å². The van der Waals surface area contributed by atoms with Gasteiger partial charge in [0.25, 0.3) is 6.71 Å². The predicted molar refractivity (Wildman–Crippen MR) is 449 cm³/mol. The molecule has 0 unspecified atom stereocenters. The van der Waals surface area contributed by atoms with Gasteiger partial charge in [-0.3, -0.25) is 0 Å². The molecule has 0 aliphatic carbocycles. The lowest BCUT2D eigenvalue weighted by atomic mass is 9.33. The minimum Gasteiger partial charge on any atom is -0.310 e. The second-order valence-electron chi connectivity index (χ2n) is 29.4. The zero-order valence-corrected chi connectivity index (χ0v) is 58.8. The molecule has 2 aliphatic rings. The number of hydrogen-bond acceptors (Lipinski definition) is 2. The van der Waals surface area contributed by atoms with Crippen LogP contribution < -0.4 is 26.2 Å². The Bertz CT molecular complexity index is 6260. The van der Waals surface area contributed by atoms with Crippen LogP contribution in [0.15, 0.2) is 376 Å². The molecule has 0 saturated heterocycles. The lowest BCUT2D eigenvalue weighted by Crippen LogP contribution is -2.61. The summed E-state index contributed by atoms with van der Waals surface area (Å²) < 4.78 is 0. The largest absolute Gasteiger partial charge is 0.310 e. The van der Waals surface area contributed by atoms with E-state index in [1.54, 1.807) is 0 Å². The van der Waals surface area contributed by atoms with Gasteiger partial charge in [0.15, 0.2) is 0 Å². The van der Waals surface area contributed by atoms with Crippen LogP contribution in [0, 0.1) is 0 Å². The molecule has 2 heterocycles. The fourth-order valence-corrected chi connectivity index (χ4v) is 17.4. The molecule has 0 aromatic heterocycles. The van der Waals surface area contributed by atoms with E-state index in [0.29, 0.717) is 0 Å². The molecule has 20 rings (SSSR count). The van der Waals surface area contributed by atoms with Crippen molar-refractivity contribution < 1.29 is 0 Å². The SMILES string of the molecule is CC(C)(C)c1ccc(-c2cc3c4c(c2)N(c2c(-c5ccccc5)cc(-c5ccccc5)cc2-c2ccccc2)c2cc(-c5ccc6cccc7c8cccc9cccc(c5c67)c98)ccc2B4c2cc(-c4ccccc4)ccc2N3c2c(-c3ccccc3)cc(-c3ccccc3)cc2-c2ccccc2)cc1. The van der Waals surface area contributed by atoms with E-state index in [-0.39, 0.29) is 12.1 Å². The molecule has 492 valence electrons. The number of anilines is 6. The van der Waals surface area contributed by atoms with Gasteiger partial charge in [-0.05, 0) is 197 Å². The summed E-state index contributed by atoms with van der Waals surface area (Å²) in [4.78, 5) is 5.42. The number of fused-ring (bicyclic) bond motifs is 6. The Morgan fingerprint density at radius 3 is 1.06 bits per heavy atom. The molecular formula is C102H71BN2. The summed E-state index contributed by atoms with van der Waals surface area (Å²) >= 11 is 0. The average Bonchev–Trinajstić information content (AvgIpc) is 0.690. The van der Waals surface area contributed by atoms with Crippen LogP contribution in [0.3, 0.4) is 0 Å². The van der Waals surface area contributed by atoms with Gasteiger partial charge in [0.2, 0.25) is 0 Å². The van der Waals surface area contributed by atoms with E-state index in [4.69, 9.17) is 0 Å². The Morgan fingerprint density at radius 2 is 0.590 bits per heavy atom. The van der Waals surface area contributed by atoms with Crippen LogP contribution in [0.1, 0.15) is 26.3 Å². The quantitative estimate of drug-likeness (QED) is 0.0723. The van der Waals surface area contributed by atoms with Crippen molar-refractivity contribution in [1.82, 2.24) is 0 Å². The maximum Gasteiger partial charge on any atom is 0.252 e. The Morgan fingerprint density at radius 1 is 0.219 bits per heavy atom. The highest BCUT2D eigenvalue weighted by atomic mass is 15.2. The number of benzene rings is 18. The summed E-state index contributed by atoms with van der Waals surface area (Å²) in [6.45, 7) is 6.67. The third-order valence-corrected chi connectivity index (χ3v) is 22.3. The van der Waals surface area contributed by atoms with Crippen molar-refractivity contribution in [2.45, 2.75) is 26.2 Å². The molecule has 0 radical (unpaired) electrons. The summed E-state index contributed by atoms with van der Waals surface area (Å²) in [5.74, 6) is 0. The van der Waals surface area contributed by atoms with Crippen LogP contribution >= 0.6 is 0 Å². The molecule has 3 heteroatoms. The van der Waals surface area contributed by atoms with Crippen LogP contribution in [0.5, 0.6) is 0 Å². The van der Waals surface area contributed by atoms with Crippen LogP contribution in [-0.2, 0) is 5.41 Å². The first-order chi connectivity index (χ1) is 51.7. The molecule has 2 aliphatic heterocycles. The van der Waals surface area contributed by atoms with Crippen LogP contribution in [0.25, 0.3) is 143 Å². The smallest absolute Gasteiger partial charge is 0.252 e. The van der Waals surface area contributed by atoms with Crippen molar-refractivity contribution in [3.05, 3.63) is 382 Å². The second-order valence-corrected chi connectivity index (χ2v) is 29.4. The normalized spacial score (nSPS) is 12.5. The van der Waals surface area contributed by atoms with Crippen molar-refractivity contribution >= 4 is 100 Å². The first-order valence-corrected chi connectivity index (χ1v) is 36.7. The van der Waals surface area contributed by atoms with Gasteiger partial charge in [0, 0.05) is 45.0 Å². The fourth-order valence-electron chi connectivity index (χ4n) is 17.4. The van der Waals surface area contributed by atoms with Crippen molar-refractivity contribution in [1.29, 1.82) is 0 Å². The molecule has 0 N–H and O–H groups in total. The van der Waals surface area contributed by atoms with Gasteiger partial charge in [0.05, 0.1) is 11.4 Å². The zero-order chi connectivity index (χ0) is 69.9. The van der Waals surface area contributed by atoms with Crippen molar-refractivity contribution in [3.63, 3.8) is 0 Å². The predicted octanol–water partition coefficient (Wildman–Crippen LogP) is 26.1. The highest BCUT2D eigenvalue weighted by Gasteiger charge is 2.46. The van der Waals surface area contributed by atoms with Gasteiger partial charge < -0.3 is 9.80 Å². The van der Waals surface area contributed by atoms with Gasteiger partial charge in [-0.25, -0.2) is 0 Å². The molecule has 0 atom stereocenters. The Balaban J connectivity index is 0.975. The van der Waals surface area contributed by atoms with E-state index in [2.05, 4.69) is 407 Å². The third-order valence-electron chi connectivity index (χ3n) is 22.3. The highest BCUT2D eigenvalue weighted by Crippen LogP contribution is 2.56. The van der Waals surface area contributed by atoms with E-state index < -0.39 is 0 Å². The minimum atomic E-state index is -0.266. The summed E-state index contributed by atoms with van der Waals surface area (Å²) in [5, 5.41) is 10.2. The summed E-state index contributed by atoms with van der Waals surface area (Å²) in [6, 6.07) is 142. The fraction of sp³-hybridized carbons (Fsp3) is 0.0392. The third kappa shape index (κ3) is 10.3.